The molecule has 0 bridgehead atoms. The molecule has 2 aromatic rings. The summed E-state index contributed by atoms with van der Waals surface area (Å²) in [6.07, 6.45) is 1.61. The number of aliphatic imine (C=N–C) groups is 1. The summed E-state index contributed by atoms with van der Waals surface area (Å²) in [7, 11) is 0. The first-order chi connectivity index (χ1) is 11.5. The van der Waals surface area contributed by atoms with Gasteiger partial charge in [0.2, 0.25) is 0 Å². The summed E-state index contributed by atoms with van der Waals surface area (Å²) in [4.78, 5) is 6.25. The van der Waals surface area contributed by atoms with Crippen LogP contribution >= 0.6 is 23.2 Å². The maximum Gasteiger partial charge on any atom is 0.128 e. The van der Waals surface area contributed by atoms with Gasteiger partial charge < -0.3 is 10.6 Å². The molecule has 1 heterocycles. The van der Waals surface area contributed by atoms with Crippen molar-refractivity contribution in [1.29, 1.82) is 0 Å². The van der Waals surface area contributed by atoms with Gasteiger partial charge in [-0.25, -0.2) is 8.78 Å². The van der Waals surface area contributed by atoms with Crippen molar-refractivity contribution >= 4 is 29.5 Å². The standard InChI is InChI=1S/C17H15Cl2F2N3/c18-11-1-3-13(14(19)6-11)17-16(7-22)24(9-23-17)8-10-5-12(20)2-4-15(10)21/h1-6,9,16-17H,7-8,22H2. The third-order valence-corrected chi connectivity index (χ3v) is 4.61. The molecule has 2 atom stereocenters. The second kappa shape index (κ2) is 7.05. The van der Waals surface area contributed by atoms with Crippen LogP contribution in [0.25, 0.3) is 0 Å². The normalized spacial score (nSPS) is 20.0. The van der Waals surface area contributed by atoms with Crippen LogP contribution in [0.4, 0.5) is 8.78 Å². The molecule has 0 saturated carbocycles. The summed E-state index contributed by atoms with van der Waals surface area (Å²) in [6, 6.07) is 8.09. The Balaban J connectivity index is 1.85. The van der Waals surface area contributed by atoms with E-state index in [9.17, 15) is 8.78 Å². The highest BCUT2D eigenvalue weighted by Gasteiger charge is 2.32. The third kappa shape index (κ3) is 3.38. The molecule has 3 nitrogen and oxygen atoms in total. The zero-order chi connectivity index (χ0) is 17.3. The van der Waals surface area contributed by atoms with Gasteiger partial charge in [0, 0.05) is 28.7 Å². The molecule has 1 aliphatic rings. The predicted octanol–water partition coefficient (Wildman–Crippen LogP) is 4.18. The Morgan fingerprint density at radius 2 is 1.92 bits per heavy atom. The van der Waals surface area contributed by atoms with Crippen molar-refractivity contribution in [2.45, 2.75) is 18.6 Å². The van der Waals surface area contributed by atoms with E-state index >= 15 is 0 Å². The van der Waals surface area contributed by atoms with Gasteiger partial charge in [-0.2, -0.15) is 0 Å². The zero-order valence-electron chi connectivity index (χ0n) is 12.6. The molecular weight excluding hydrogens is 355 g/mol. The van der Waals surface area contributed by atoms with Gasteiger partial charge in [0.15, 0.2) is 0 Å². The lowest BCUT2D eigenvalue weighted by Gasteiger charge is -2.27. The average Bonchev–Trinajstić information content (AvgIpc) is 2.93. The Morgan fingerprint density at radius 1 is 1.12 bits per heavy atom. The first-order valence-corrected chi connectivity index (χ1v) is 8.13. The fraction of sp³-hybridized carbons (Fsp3) is 0.235. The molecular formula is C17H15Cl2F2N3. The van der Waals surface area contributed by atoms with E-state index in [2.05, 4.69) is 4.99 Å². The highest BCUT2D eigenvalue weighted by molar-refractivity contribution is 6.35. The van der Waals surface area contributed by atoms with Crippen LogP contribution in [-0.2, 0) is 6.54 Å². The molecule has 0 aromatic heterocycles. The van der Waals surface area contributed by atoms with E-state index in [0.29, 0.717) is 16.6 Å². The Hall–Kier alpha value is -1.69. The molecule has 1 aliphatic heterocycles. The third-order valence-electron chi connectivity index (χ3n) is 4.05. The molecule has 0 amide bonds. The van der Waals surface area contributed by atoms with Crippen LogP contribution in [-0.4, -0.2) is 23.8 Å². The van der Waals surface area contributed by atoms with E-state index in [4.69, 9.17) is 28.9 Å². The summed E-state index contributed by atoms with van der Waals surface area (Å²) < 4.78 is 27.2. The van der Waals surface area contributed by atoms with Gasteiger partial charge >= 0.3 is 0 Å². The van der Waals surface area contributed by atoms with Crippen molar-refractivity contribution < 1.29 is 8.78 Å². The van der Waals surface area contributed by atoms with Crippen LogP contribution in [0.15, 0.2) is 41.4 Å². The van der Waals surface area contributed by atoms with Crippen LogP contribution in [0.2, 0.25) is 10.0 Å². The monoisotopic (exact) mass is 369 g/mol. The minimum Gasteiger partial charge on any atom is -0.352 e. The molecule has 2 unspecified atom stereocenters. The summed E-state index contributed by atoms with van der Waals surface area (Å²) in [6.45, 7) is 0.469. The minimum absolute atomic E-state index is 0.177. The van der Waals surface area contributed by atoms with Gasteiger partial charge in [0.25, 0.3) is 0 Å². The molecule has 2 N–H and O–H groups in total. The van der Waals surface area contributed by atoms with E-state index in [-0.39, 0.29) is 24.2 Å². The minimum atomic E-state index is -0.482. The summed E-state index contributed by atoms with van der Waals surface area (Å²) >= 11 is 12.2. The molecule has 126 valence electrons. The molecule has 2 aromatic carbocycles. The zero-order valence-corrected chi connectivity index (χ0v) is 14.1. The number of rotatable bonds is 4. The van der Waals surface area contributed by atoms with E-state index < -0.39 is 11.6 Å². The van der Waals surface area contributed by atoms with Crippen molar-refractivity contribution in [2.24, 2.45) is 10.7 Å². The first kappa shape index (κ1) is 17.1. The van der Waals surface area contributed by atoms with E-state index in [1.165, 1.54) is 6.07 Å². The Kier molecular flexibility index (Phi) is 5.04. The van der Waals surface area contributed by atoms with Crippen LogP contribution in [0.1, 0.15) is 17.2 Å². The largest absolute Gasteiger partial charge is 0.352 e. The highest BCUT2D eigenvalue weighted by atomic mass is 35.5. The smallest absolute Gasteiger partial charge is 0.128 e. The summed E-state index contributed by atoms with van der Waals surface area (Å²) in [5.41, 5.74) is 6.95. The molecule has 0 radical (unpaired) electrons. The molecule has 0 fully saturated rings. The van der Waals surface area contributed by atoms with Crippen molar-refractivity contribution in [2.75, 3.05) is 6.54 Å². The van der Waals surface area contributed by atoms with E-state index in [1.807, 2.05) is 6.07 Å². The molecule has 24 heavy (non-hydrogen) atoms. The van der Waals surface area contributed by atoms with E-state index in [0.717, 1.165) is 17.7 Å². The van der Waals surface area contributed by atoms with Crippen LogP contribution in [0.3, 0.4) is 0 Å². The molecule has 3 rings (SSSR count). The number of hydrogen-bond donors (Lipinski definition) is 1. The number of halogens is 4. The Labute approximate surface area is 148 Å². The quantitative estimate of drug-likeness (QED) is 0.877. The molecule has 7 heteroatoms. The maximum atomic E-state index is 13.9. The van der Waals surface area contributed by atoms with Gasteiger partial charge in [-0.1, -0.05) is 29.3 Å². The number of nitrogens with two attached hydrogens (primary N) is 1. The number of benzene rings is 2. The van der Waals surface area contributed by atoms with Gasteiger partial charge in [-0.05, 0) is 35.9 Å². The van der Waals surface area contributed by atoms with Crippen LogP contribution in [0.5, 0.6) is 0 Å². The predicted molar refractivity (Wildman–Crippen MR) is 92.4 cm³/mol. The molecule has 0 saturated heterocycles. The molecule has 0 spiro atoms. The van der Waals surface area contributed by atoms with E-state index in [1.54, 1.807) is 23.4 Å². The van der Waals surface area contributed by atoms with Crippen LogP contribution in [0, 0.1) is 11.6 Å². The Morgan fingerprint density at radius 3 is 2.62 bits per heavy atom. The lowest BCUT2D eigenvalue weighted by atomic mass is 9.99. The lowest BCUT2D eigenvalue weighted by Crippen LogP contribution is -2.39. The Bertz CT molecular complexity index is 782. The van der Waals surface area contributed by atoms with Crippen molar-refractivity contribution in [3.63, 3.8) is 0 Å². The topological polar surface area (TPSA) is 41.6 Å². The van der Waals surface area contributed by atoms with Gasteiger partial charge in [-0.3, -0.25) is 4.99 Å². The fourth-order valence-corrected chi connectivity index (χ4v) is 3.36. The SMILES string of the molecule is NCC1C(c2ccc(Cl)cc2Cl)N=CN1Cc1cc(F)ccc1F. The van der Waals surface area contributed by atoms with Crippen LogP contribution < -0.4 is 5.73 Å². The number of hydrogen-bond acceptors (Lipinski definition) is 3. The van der Waals surface area contributed by atoms with Crippen molar-refractivity contribution in [1.82, 2.24) is 4.90 Å². The van der Waals surface area contributed by atoms with Gasteiger partial charge in [-0.15, -0.1) is 0 Å². The highest BCUT2D eigenvalue weighted by Crippen LogP contribution is 2.35. The second-order valence-corrected chi connectivity index (χ2v) is 6.43. The van der Waals surface area contributed by atoms with Gasteiger partial charge in [0.1, 0.15) is 11.6 Å². The lowest BCUT2D eigenvalue weighted by molar-refractivity contribution is 0.305. The fourth-order valence-electron chi connectivity index (χ4n) is 2.84. The van der Waals surface area contributed by atoms with Crippen molar-refractivity contribution in [3.8, 4) is 0 Å². The van der Waals surface area contributed by atoms with Gasteiger partial charge in [0.05, 0.1) is 18.4 Å². The summed E-state index contributed by atoms with van der Waals surface area (Å²) in [5.74, 6) is -0.947. The van der Waals surface area contributed by atoms with Crippen molar-refractivity contribution in [3.05, 3.63) is 69.2 Å². The number of nitrogens with zero attached hydrogens (tertiary/aromatic N) is 2. The maximum absolute atomic E-state index is 13.9. The average molecular weight is 370 g/mol. The second-order valence-electron chi connectivity index (χ2n) is 5.59. The first-order valence-electron chi connectivity index (χ1n) is 7.37. The summed E-state index contributed by atoms with van der Waals surface area (Å²) in [5, 5.41) is 1.04. The molecule has 0 aliphatic carbocycles.